The van der Waals surface area contributed by atoms with Crippen LogP contribution in [-0.2, 0) is 20.7 Å². The smallest absolute Gasteiger partial charge is 0.312 e. The van der Waals surface area contributed by atoms with Crippen LogP contribution in [0.5, 0.6) is 0 Å². The lowest BCUT2D eigenvalue weighted by Gasteiger charge is -2.59. The number of hydrogen-bond donors (Lipinski definition) is 1. The summed E-state index contributed by atoms with van der Waals surface area (Å²) in [4.78, 5) is 31.5. The largest absolute Gasteiger partial charge is 0.455 e. The number of nitrogens with one attached hydrogen (secondary N) is 1. The van der Waals surface area contributed by atoms with Crippen LogP contribution in [0.4, 0.5) is 0 Å². The Balaban J connectivity index is 1.10. The van der Waals surface area contributed by atoms with Gasteiger partial charge in [-0.1, -0.05) is 60.2 Å². The molecule has 0 radical (unpaired) electrons. The number of esters is 1. The summed E-state index contributed by atoms with van der Waals surface area (Å²) in [6, 6.07) is 18.4. The summed E-state index contributed by atoms with van der Waals surface area (Å²) in [7, 11) is 0. The fraction of sp³-hybridized carbons (Fsp3) is 0.469. The van der Waals surface area contributed by atoms with Gasteiger partial charge in [-0.2, -0.15) is 0 Å². The first-order chi connectivity index (χ1) is 18.4. The lowest BCUT2D eigenvalue weighted by molar-refractivity contribution is -0.149. The molecule has 6 heteroatoms. The van der Waals surface area contributed by atoms with Crippen LogP contribution >= 0.6 is 11.3 Å². The number of ether oxygens (including phenoxy) is 1. The Labute approximate surface area is 229 Å². The second kappa shape index (κ2) is 10.3. The number of hydrogen-bond acceptors (Lipinski definition) is 5. The van der Waals surface area contributed by atoms with Crippen LogP contribution in [0.25, 0.3) is 21.0 Å². The third-order valence-electron chi connectivity index (χ3n) is 9.09. The van der Waals surface area contributed by atoms with E-state index in [1.54, 1.807) is 11.3 Å². The van der Waals surface area contributed by atoms with Gasteiger partial charge >= 0.3 is 5.97 Å². The van der Waals surface area contributed by atoms with Crippen molar-refractivity contribution in [2.24, 2.45) is 23.2 Å². The molecule has 4 saturated carbocycles. The van der Waals surface area contributed by atoms with Gasteiger partial charge in [-0.25, -0.2) is 4.98 Å². The summed E-state index contributed by atoms with van der Waals surface area (Å²) in [6.07, 6.45) is 7.87. The van der Waals surface area contributed by atoms with E-state index in [2.05, 4.69) is 43.4 Å². The van der Waals surface area contributed by atoms with Crippen molar-refractivity contribution in [3.63, 3.8) is 0 Å². The normalized spacial score (nSPS) is 26.2. The Morgan fingerprint density at radius 3 is 2.24 bits per heavy atom. The van der Waals surface area contributed by atoms with Gasteiger partial charge in [-0.15, -0.1) is 11.3 Å². The second-order valence-corrected chi connectivity index (χ2v) is 12.9. The Kier molecular flexibility index (Phi) is 6.85. The molecular weight excluding hydrogens is 492 g/mol. The van der Waals surface area contributed by atoms with Gasteiger partial charge in [-0.05, 0) is 81.1 Å². The summed E-state index contributed by atoms with van der Waals surface area (Å²) in [5, 5.41) is 4.06. The number of carbonyl (C=O) groups is 2. The van der Waals surface area contributed by atoms with Crippen LogP contribution in [0.3, 0.4) is 0 Å². The molecule has 1 N–H and O–H groups in total. The number of aromatic nitrogens is 1. The SMILES string of the molecule is Cc1ccc(-c2sc(-c3ccccc3)nc2CC(=O)OCC(=O)NC(C)C23CC4CC(CC(C4)C2)C3)cc1. The van der Waals surface area contributed by atoms with Crippen LogP contribution in [-0.4, -0.2) is 29.5 Å². The summed E-state index contributed by atoms with van der Waals surface area (Å²) < 4.78 is 5.47. The molecule has 4 aliphatic rings. The van der Waals surface area contributed by atoms with Gasteiger partial charge in [0.25, 0.3) is 5.91 Å². The number of thiazole rings is 1. The lowest BCUT2D eigenvalue weighted by Crippen LogP contribution is -2.56. The zero-order valence-electron chi connectivity index (χ0n) is 22.2. The van der Waals surface area contributed by atoms with Gasteiger partial charge in [0.2, 0.25) is 0 Å². The van der Waals surface area contributed by atoms with Gasteiger partial charge in [0.05, 0.1) is 17.0 Å². The average Bonchev–Trinajstić information content (AvgIpc) is 3.31. The van der Waals surface area contributed by atoms with E-state index in [1.807, 2.05) is 30.3 Å². The number of aryl methyl sites for hydroxylation is 1. The molecule has 4 fully saturated rings. The maximum atomic E-state index is 12.9. The number of nitrogens with zero attached hydrogens (tertiary/aromatic N) is 1. The highest BCUT2D eigenvalue weighted by molar-refractivity contribution is 7.18. The van der Waals surface area contributed by atoms with Crippen molar-refractivity contribution in [2.45, 2.75) is 64.8 Å². The molecule has 0 spiro atoms. The van der Waals surface area contributed by atoms with E-state index in [9.17, 15) is 9.59 Å². The average molecular weight is 529 g/mol. The first-order valence-corrected chi connectivity index (χ1v) is 14.8. The maximum absolute atomic E-state index is 12.9. The predicted octanol–water partition coefficient (Wildman–Crippen LogP) is 6.59. The van der Waals surface area contributed by atoms with Crippen molar-refractivity contribution in [2.75, 3.05) is 6.61 Å². The molecule has 0 aliphatic heterocycles. The maximum Gasteiger partial charge on any atom is 0.312 e. The minimum Gasteiger partial charge on any atom is -0.455 e. The first-order valence-electron chi connectivity index (χ1n) is 13.9. The minimum absolute atomic E-state index is 0.0321. The topological polar surface area (TPSA) is 68.3 Å². The summed E-state index contributed by atoms with van der Waals surface area (Å²) >= 11 is 1.58. The van der Waals surface area contributed by atoms with Crippen LogP contribution in [0.15, 0.2) is 54.6 Å². The van der Waals surface area contributed by atoms with E-state index in [4.69, 9.17) is 9.72 Å². The van der Waals surface area contributed by atoms with Gasteiger partial charge in [0, 0.05) is 11.6 Å². The van der Waals surface area contributed by atoms with Crippen molar-refractivity contribution in [3.8, 4) is 21.0 Å². The molecular formula is C32H36N2O3S. The number of amides is 1. The monoisotopic (exact) mass is 528 g/mol. The molecule has 7 rings (SSSR count). The molecule has 4 bridgehead atoms. The standard InChI is InChI=1S/C32H36N2O3S/c1-20-8-10-25(11-9-20)30-27(34-31(38-30)26-6-4-3-5-7-26)15-29(36)37-19-28(35)33-21(2)32-16-22-12-23(17-32)14-24(13-22)18-32/h3-11,21-24H,12-19H2,1-2H3,(H,33,35). The van der Waals surface area contributed by atoms with Crippen molar-refractivity contribution in [1.82, 2.24) is 10.3 Å². The highest BCUT2D eigenvalue weighted by atomic mass is 32.1. The van der Waals surface area contributed by atoms with Crippen molar-refractivity contribution in [3.05, 3.63) is 65.9 Å². The molecule has 3 aromatic rings. The molecule has 38 heavy (non-hydrogen) atoms. The minimum atomic E-state index is -0.430. The Hall–Kier alpha value is -2.99. The summed E-state index contributed by atoms with van der Waals surface area (Å²) in [6.45, 7) is 3.96. The molecule has 1 atom stereocenters. The lowest BCUT2D eigenvalue weighted by atomic mass is 9.48. The molecule has 4 aliphatic carbocycles. The van der Waals surface area contributed by atoms with E-state index in [1.165, 1.54) is 44.1 Å². The molecule has 0 saturated heterocycles. The van der Waals surface area contributed by atoms with Crippen LogP contribution in [0, 0.1) is 30.1 Å². The molecule has 2 aromatic carbocycles. The van der Waals surface area contributed by atoms with E-state index >= 15 is 0 Å². The zero-order valence-corrected chi connectivity index (χ0v) is 23.1. The van der Waals surface area contributed by atoms with E-state index in [0.29, 0.717) is 5.69 Å². The van der Waals surface area contributed by atoms with Crippen LogP contribution in [0.1, 0.15) is 56.7 Å². The van der Waals surface area contributed by atoms with Crippen molar-refractivity contribution in [1.29, 1.82) is 0 Å². The van der Waals surface area contributed by atoms with Crippen molar-refractivity contribution < 1.29 is 14.3 Å². The van der Waals surface area contributed by atoms with Crippen molar-refractivity contribution >= 4 is 23.2 Å². The number of rotatable bonds is 8. The highest BCUT2D eigenvalue weighted by Gasteiger charge is 2.53. The number of carbonyl (C=O) groups excluding carboxylic acids is 2. The van der Waals surface area contributed by atoms with E-state index in [-0.39, 0.29) is 30.4 Å². The third-order valence-corrected chi connectivity index (χ3v) is 10.3. The van der Waals surface area contributed by atoms with E-state index < -0.39 is 5.97 Å². The summed E-state index contributed by atoms with van der Waals surface area (Å²) in [5.41, 5.74) is 4.14. The number of benzene rings is 2. The predicted molar refractivity (Wildman–Crippen MR) is 151 cm³/mol. The zero-order chi connectivity index (χ0) is 26.3. The van der Waals surface area contributed by atoms with Gasteiger partial charge in [-0.3, -0.25) is 9.59 Å². The molecule has 198 valence electrons. The highest BCUT2D eigenvalue weighted by Crippen LogP contribution is 2.61. The molecule has 5 nitrogen and oxygen atoms in total. The summed E-state index contributed by atoms with van der Waals surface area (Å²) in [5.74, 6) is 1.87. The van der Waals surface area contributed by atoms with Gasteiger partial charge in [0.15, 0.2) is 6.61 Å². The van der Waals surface area contributed by atoms with Gasteiger partial charge < -0.3 is 10.1 Å². The van der Waals surface area contributed by atoms with Crippen LogP contribution < -0.4 is 5.32 Å². The fourth-order valence-corrected chi connectivity index (χ4v) is 8.68. The molecule has 1 aromatic heterocycles. The Bertz CT molecular complexity index is 1280. The molecule has 1 heterocycles. The third kappa shape index (κ3) is 5.15. The van der Waals surface area contributed by atoms with E-state index in [0.717, 1.165) is 38.8 Å². The Morgan fingerprint density at radius 2 is 1.61 bits per heavy atom. The molecule has 1 amide bonds. The van der Waals surface area contributed by atoms with Crippen LogP contribution in [0.2, 0.25) is 0 Å². The molecule has 1 unspecified atom stereocenters. The second-order valence-electron chi connectivity index (χ2n) is 11.9. The first kappa shape index (κ1) is 25.3. The fourth-order valence-electron chi connectivity index (χ4n) is 7.58. The van der Waals surface area contributed by atoms with Gasteiger partial charge in [0.1, 0.15) is 5.01 Å². The quantitative estimate of drug-likeness (QED) is 0.335. The Morgan fingerprint density at radius 1 is 0.974 bits per heavy atom.